The van der Waals surface area contributed by atoms with Crippen molar-refractivity contribution in [3.63, 3.8) is 0 Å². The average Bonchev–Trinajstić information content (AvgIpc) is 2.61. The van der Waals surface area contributed by atoms with E-state index in [0.29, 0.717) is 24.6 Å². The van der Waals surface area contributed by atoms with Gasteiger partial charge in [0.15, 0.2) is 0 Å². The van der Waals surface area contributed by atoms with E-state index in [1.54, 1.807) is 0 Å². The molecule has 150 valence electrons. The van der Waals surface area contributed by atoms with E-state index in [4.69, 9.17) is 4.74 Å². The summed E-state index contributed by atoms with van der Waals surface area (Å²) in [5, 5.41) is 0. The number of hydrogen-bond acceptors (Lipinski definition) is 5. The first-order valence-corrected chi connectivity index (χ1v) is 9.47. The topological polar surface area (TPSA) is 84.9 Å². The van der Waals surface area contributed by atoms with Gasteiger partial charge in [-0.05, 0) is 42.5 Å². The van der Waals surface area contributed by atoms with Gasteiger partial charge < -0.3 is 14.4 Å². The highest BCUT2D eigenvalue weighted by atomic mass is 32.2. The van der Waals surface area contributed by atoms with Crippen LogP contribution in [0.1, 0.15) is 6.92 Å². The summed E-state index contributed by atoms with van der Waals surface area (Å²) in [5.41, 5.74) is 0.377. The molecule has 1 amide bonds. The molecule has 0 saturated heterocycles. The third-order valence-electron chi connectivity index (χ3n) is 3.82. The molecule has 28 heavy (non-hydrogen) atoms. The summed E-state index contributed by atoms with van der Waals surface area (Å²) in [6.45, 7) is 1.95. The normalized spacial score (nSPS) is 14.1. The molecular weight excluding hydrogens is 401 g/mol. The van der Waals surface area contributed by atoms with Crippen LogP contribution in [-0.4, -0.2) is 33.8 Å². The van der Waals surface area contributed by atoms with E-state index in [1.807, 2.05) is 0 Å². The lowest BCUT2D eigenvalue weighted by molar-refractivity contribution is -0.274. The largest absolute Gasteiger partial charge is 0.573 e. The molecule has 3 rings (SSSR count). The number of ether oxygens (including phenoxy) is 2. The third-order valence-corrected chi connectivity index (χ3v) is 5.20. The second-order valence-corrected chi connectivity index (χ2v) is 7.51. The van der Waals surface area contributed by atoms with Gasteiger partial charge >= 0.3 is 6.36 Å². The van der Waals surface area contributed by atoms with Crippen LogP contribution in [0.2, 0.25) is 0 Å². The molecule has 7 nitrogen and oxygen atoms in total. The van der Waals surface area contributed by atoms with Gasteiger partial charge in [0.05, 0.1) is 17.1 Å². The number of rotatable bonds is 4. The van der Waals surface area contributed by atoms with Crippen molar-refractivity contribution in [1.29, 1.82) is 0 Å². The highest BCUT2D eigenvalue weighted by Crippen LogP contribution is 2.34. The summed E-state index contributed by atoms with van der Waals surface area (Å²) >= 11 is 0. The Balaban J connectivity index is 1.83. The Kier molecular flexibility index (Phi) is 5.11. The maximum atomic E-state index is 12.6. The quantitative estimate of drug-likeness (QED) is 0.828. The van der Waals surface area contributed by atoms with Crippen LogP contribution < -0.4 is 19.1 Å². The van der Waals surface area contributed by atoms with E-state index in [2.05, 4.69) is 9.46 Å². The van der Waals surface area contributed by atoms with Gasteiger partial charge in [0.1, 0.15) is 18.1 Å². The summed E-state index contributed by atoms with van der Waals surface area (Å²) in [4.78, 5) is 13.0. The van der Waals surface area contributed by atoms with Crippen molar-refractivity contribution in [1.82, 2.24) is 0 Å². The number of alkyl halides is 3. The van der Waals surface area contributed by atoms with Gasteiger partial charge in [0, 0.05) is 12.6 Å². The van der Waals surface area contributed by atoms with Crippen LogP contribution in [0.5, 0.6) is 11.5 Å². The molecule has 0 saturated carbocycles. The predicted molar refractivity (Wildman–Crippen MR) is 93.9 cm³/mol. The number of halogens is 3. The van der Waals surface area contributed by atoms with Crippen molar-refractivity contribution >= 4 is 27.3 Å². The molecule has 1 aliphatic rings. The van der Waals surface area contributed by atoms with Crippen molar-refractivity contribution < 1.29 is 35.9 Å². The average molecular weight is 416 g/mol. The number of nitrogens with zero attached hydrogens (tertiary/aromatic N) is 1. The summed E-state index contributed by atoms with van der Waals surface area (Å²) in [7, 11) is -4.05. The highest BCUT2D eigenvalue weighted by molar-refractivity contribution is 7.92. The van der Waals surface area contributed by atoms with E-state index in [-0.39, 0.29) is 16.5 Å². The first kappa shape index (κ1) is 19.8. The van der Waals surface area contributed by atoms with E-state index < -0.39 is 22.1 Å². The fraction of sp³-hybridized carbons (Fsp3) is 0.235. The monoisotopic (exact) mass is 416 g/mol. The van der Waals surface area contributed by atoms with Crippen molar-refractivity contribution in [2.45, 2.75) is 18.2 Å². The number of amides is 1. The van der Waals surface area contributed by atoms with E-state index in [1.165, 1.54) is 30.0 Å². The predicted octanol–water partition coefficient (Wildman–Crippen LogP) is 3.13. The van der Waals surface area contributed by atoms with Gasteiger partial charge in [0.2, 0.25) is 5.91 Å². The lowest BCUT2D eigenvalue weighted by atomic mass is 10.2. The summed E-state index contributed by atoms with van der Waals surface area (Å²) in [5.74, 6) is -0.347. The SMILES string of the molecule is CC(=O)N1CCOc2ccc(S(=O)(=O)Nc3ccc(OC(F)(F)F)cc3)cc21. The molecule has 0 aromatic heterocycles. The number of anilines is 2. The summed E-state index contributed by atoms with van der Waals surface area (Å²) in [6.07, 6.45) is -4.84. The summed E-state index contributed by atoms with van der Waals surface area (Å²) < 4.78 is 73.2. The maximum Gasteiger partial charge on any atom is 0.573 e. The van der Waals surface area contributed by atoms with Crippen LogP contribution in [0.25, 0.3) is 0 Å². The minimum absolute atomic E-state index is 0.0481. The number of carbonyl (C=O) groups excluding carboxylic acids is 1. The second kappa shape index (κ2) is 7.23. The molecule has 11 heteroatoms. The van der Waals surface area contributed by atoms with Gasteiger partial charge in [-0.2, -0.15) is 0 Å². The Morgan fingerprint density at radius 2 is 1.86 bits per heavy atom. The van der Waals surface area contributed by atoms with Gasteiger partial charge in [-0.15, -0.1) is 13.2 Å². The zero-order chi connectivity index (χ0) is 20.5. The zero-order valence-corrected chi connectivity index (χ0v) is 15.3. The number of hydrogen-bond donors (Lipinski definition) is 1. The second-order valence-electron chi connectivity index (χ2n) is 5.83. The van der Waals surface area contributed by atoms with Gasteiger partial charge in [0.25, 0.3) is 10.0 Å². The van der Waals surface area contributed by atoms with E-state index in [9.17, 15) is 26.4 Å². The Labute approximate surface area is 158 Å². The standard InChI is InChI=1S/C17H15F3N2O5S/c1-11(23)22-8-9-26-16-7-6-14(10-15(16)22)28(24,25)21-12-2-4-13(5-3-12)27-17(18,19)20/h2-7,10,21H,8-9H2,1H3. The smallest absolute Gasteiger partial charge is 0.490 e. The highest BCUT2D eigenvalue weighted by Gasteiger charge is 2.31. The van der Waals surface area contributed by atoms with Crippen LogP contribution in [0, 0.1) is 0 Å². The maximum absolute atomic E-state index is 12.6. The fourth-order valence-electron chi connectivity index (χ4n) is 2.63. The number of nitrogens with one attached hydrogen (secondary N) is 1. The fourth-order valence-corrected chi connectivity index (χ4v) is 3.71. The molecule has 2 aromatic rings. The van der Waals surface area contributed by atoms with Crippen LogP contribution in [-0.2, 0) is 14.8 Å². The van der Waals surface area contributed by atoms with Crippen LogP contribution in [0.3, 0.4) is 0 Å². The molecule has 2 aromatic carbocycles. The number of benzene rings is 2. The zero-order valence-electron chi connectivity index (χ0n) is 14.5. The van der Waals surface area contributed by atoms with Crippen molar-refractivity contribution in [2.75, 3.05) is 22.8 Å². The Bertz CT molecular complexity index is 991. The number of fused-ring (bicyclic) bond motifs is 1. The van der Waals surface area contributed by atoms with Crippen molar-refractivity contribution in [2.24, 2.45) is 0 Å². The molecule has 0 aliphatic carbocycles. The Morgan fingerprint density at radius 1 is 1.18 bits per heavy atom. The molecule has 0 spiro atoms. The lowest BCUT2D eigenvalue weighted by Gasteiger charge is -2.29. The minimum atomic E-state index is -4.84. The van der Waals surface area contributed by atoms with Crippen LogP contribution >= 0.6 is 0 Å². The van der Waals surface area contributed by atoms with Gasteiger partial charge in [-0.1, -0.05) is 0 Å². The van der Waals surface area contributed by atoms with Gasteiger partial charge in [-0.3, -0.25) is 9.52 Å². The third kappa shape index (κ3) is 4.47. The molecule has 0 fully saturated rings. The van der Waals surface area contributed by atoms with E-state index >= 15 is 0 Å². The van der Waals surface area contributed by atoms with Crippen LogP contribution in [0.4, 0.5) is 24.5 Å². The van der Waals surface area contributed by atoms with E-state index in [0.717, 1.165) is 24.3 Å². The minimum Gasteiger partial charge on any atom is -0.490 e. The first-order chi connectivity index (χ1) is 13.0. The molecule has 1 N–H and O–H groups in total. The van der Waals surface area contributed by atoms with Crippen LogP contribution in [0.15, 0.2) is 47.4 Å². The molecule has 0 bridgehead atoms. The number of sulfonamides is 1. The molecule has 0 radical (unpaired) electrons. The molecule has 1 heterocycles. The summed E-state index contributed by atoms with van der Waals surface area (Å²) in [6, 6.07) is 8.32. The number of carbonyl (C=O) groups is 1. The Morgan fingerprint density at radius 3 is 2.46 bits per heavy atom. The molecule has 1 aliphatic heterocycles. The van der Waals surface area contributed by atoms with Gasteiger partial charge in [-0.25, -0.2) is 8.42 Å². The molecular formula is C17H15F3N2O5S. The lowest BCUT2D eigenvalue weighted by Crippen LogP contribution is -2.36. The molecule has 0 atom stereocenters. The molecule has 0 unspecified atom stereocenters. The Hall–Kier alpha value is -2.95. The first-order valence-electron chi connectivity index (χ1n) is 7.99. The van der Waals surface area contributed by atoms with Crippen molar-refractivity contribution in [3.8, 4) is 11.5 Å². The van der Waals surface area contributed by atoms with Crippen molar-refractivity contribution in [3.05, 3.63) is 42.5 Å².